The molecule has 2 N–H and O–H groups in total. The molecule has 0 amide bonds. The van der Waals surface area contributed by atoms with Crippen LogP contribution in [0.5, 0.6) is 0 Å². The standard InChI is InChI=1S/C10H15N5OS/c1-7-12-13-9-15(7)14-8(17-9)10(6-11)2-4-16-5-3-10/h2-6,11H2,1H3. The monoisotopic (exact) mass is 253 g/mol. The lowest BCUT2D eigenvalue weighted by Gasteiger charge is -2.33. The molecule has 3 heterocycles. The van der Waals surface area contributed by atoms with E-state index in [0.717, 1.165) is 41.8 Å². The van der Waals surface area contributed by atoms with E-state index in [-0.39, 0.29) is 5.41 Å². The molecular formula is C10H15N5OS. The zero-order chi connectivity index (χ0) is 11.9. The highest BCUT2D eigenvalue weighted by Gasteiger charge is 2.36. The molecule has 0 atom stereocenters. The molecule has 0 unspecified atom stereocenters. The van der Waals surface area contributed by atoms with Crippen LogP contribution in [0.3, 0.4) is 0 Å². The molecule has 0 bridgehead atoms. The van der Waals surface area contributed by atoms with Crippen LogP contribution in [0.1, 0.15) is 23.7 Å². The lowest BCUT2D eigenvalue weighted by atomic mass is 9.81. The summed E-state index contributed by atoms with van der Waals surface area (Å²) >= 11 is 1.59. The average molecular weight is 253 g/mol. The van der Waals surface area contributed by atoms with Gasteiger partial charge in [-0.15, -0.1) is 10.2 Å². The molecule has 0 aromatic carbocycles. The van der Waals surface area contributed by atoms with Gasteiger partial charge < -0.3 is 10.5 Å². The van der Waals surface area contributed by atoms with E-state index in [1.165, 1.54) is 0 Å². The highest BCUT2D eigenvalue weighted by Crippen LogP contribution is 2.36. The Morgan fingerprint density at radius 1 is 1.41 bits per heavy atom. The second-order valence-electron chi connectivity index (χ2n) is 4.45. The molecule has 0 spiro atoms. The predicted molar refractivity (Wildman–Crippen MR) is 64.2 cm³/mol. The van der Waals surface area contributed by atoms with Crippen LogP contribution in [0, 0.1) is 6.92 Å². The molecule has 1 saturated heterocycles. The number of ether oxygens (including phenoxy) is 1. The minimum absolute atomic E-state index is 0.0317. The Bertz CT molecular complexity index is 528. The number of hydrogen-bond donors (Lipinski definition) is 1. The van der Waals surface area contributed by atoms with Crippen LogP contribution in [0.15, 0.2) is 0 Å². The molecule has 92 valence electrons. The molecule has 0 saturated carbocycles. The summed E-state index contributed by atoms with van der Waals surface area (Å²) in [5.74, 6) is 0.821. The van der Waals surface area contributed by atoms with E-state index in [4.69, 9.17) is 10.5 Å². The maximum absolute atomic E-state index is 5.96. The van der Waals surface area contributed by atoms with Crippen molar-refractivity contribution in [1.29, 1.82) is 0 Å². The van der Waals surface area contributed by atoms with Gasteiger partial charge in [-0.1, -0.05) is 11.3 Å². The maximum Gasteiger partial charge on any atom is 0.234 e. The molecule has 0 radical (unpaired) electrons. The Kier molecular flexibility index (Phi) is 2.61. The van der Waals surface area contributed by atoms with Crippen molar-refractivity contribution >= 4 is 16.3 Å². The van der Waals surface area contributed by atoms with Crippen molar-refractivity contribution in [2.45, 2.75) is 25.2 Å². The first-order chi connectivity index (χ1) is 8.25. The first-order valence-electron chi connectivity index (χ1n) is 5.72. The second kappa shape index (κ2) is 4.01. The first kappa shape index (κ1) is 11.1. The third kappa shape index (κ3) is 1.65. The van der Waals surface area contributed by atoms with Gasteiger partial charge in [-0.3, -0.25) is 0 Å². The summed E-state index contributed by atoms with van der Waals surface area (Å²) < 4.78 is 7.21. The van der Waals surface area contributed by atoms with Crippen molar-refractivity contribution < 1.29 is 4.74 Å². The molecule has 2 aromatic rings. The number of rotatable bonds is 2. The number of aryl methyl sites for hydroxylation is 1. The smallest absolute Gasteiger partial charge is 0.234 e. The SMILES string of the molecule is Cc1nnc2sc(C3(CN)CCOCC3)nn12. The predicted octanol–water partition coefficient (Wildman–Crippen LogP) is 0.501. The van der Waals surface area contributed by atoms with E-state index >= 15 is 0 Å². The van der Waals surface area contributed by atoms with Crippen molar-refractivity contribution in [3.8, 4) is 0 Å². The lowest BCUT2D eigenvalue weighted by Crippen LogP contribution is -2.40. The zero-order valence-electron chi connectivity index (χ0n) is 9.72. The highest BCUT2D eigenvalue weighted by atomic mass is 32.1. The van der Waals surface area contributed by atoms with Crippen molar-refractivity contribution in [2.75, 3.05) is 19.8 Å². The van der Waals surface area contributed by atoms with E-state index in [1.807, 2.05) is 6.92 Å². The van der Waals surface area contributed by atoms with E-state index in [9.17, 15) is 0 Å². The fourth-order valence-corrected chi connectivity index (χ4v) is 3.34. The fraction of sp³-hybridized carbons (Fsp3) is 0.700. The Labute approximate surface area is 103 Å². The van der Waals surface area contributed by atoms with Gasteiger partial charge in [0.15, 0.2) is 5.82 Å². The largest absolute Gasteiger partial charge is 0.381 e. The lowest BCUT2D eigenvalue weighted by molar-refractivity contribution is 0.0526. The van der Waals surface area contributed by atoms with Crippen LogP contribution < -0.4 is 5.73 Å². The van der Waals surface area contributed by atoms with E-state index in [0.29, 0.717) is 6.54 Å². The molecule has 17 heavy (non-hydrogen) atoms. The summed E-state index contributed by atoms with van der Waals surface area (Å²) in [5, 5.41) is 13.8. The van der Waals surface area contributed by atoms with Gasteiger partial charge in [0.05, 0.1) is 0 Å². The average Bonchev–Trinajstić information content (AvgIpc) is 2.93. The summed E-state index contributed by atoms with van der Waals surface area (Å²) in [7, 11) is 0. The topological polar surface area (TPSA) is 78.3 Å². The van der Waals surface area contributed by atoms with E-state index < -0.39 is 0 Å². The van der Waals surface area contributed by atoms with Gasteiger partial charge >= 0.3 is 0 Å². The molecule has 1 aliphatic heterocycles. The number of fused-ring (bicyclic) bond motifs is 1. The van der Waals surface area contributed by atoms with E-state index in [1.54, 1.807) is 15.9 Å². The van der Waals surface area contributed by atoms with Gasteiger partial charge in [0.2, 0.25) is 4.96 Å². The van der Waals surface area contributed by atoms with Gasteiger partial charge in [-0.25, -0.2) is 0 Å². The quantitative estimate of drug-likeness (QED) is 0.843. The van der Waals surface area contributed by atoms with Gasteiger partial charge in [-0.2, -0.15) is 9.61 Å². The van der Waals surface area contributed by atoms with Crippen LogP contribution in [-0.4, -0.2) is 39.6 Å². The fourth-order valence-electron chi connectivity index (χ4n) is 2.20. The minimum atomic E-state index is -0.0317. The molecule has 0 aliphatic carbocycles. The number of nitrogens with two attached hydrogens (primary N) is 1. The Balaban J connectivity index is 2.05. The second-order valence-corrected chi connectivity index (χ2v) is 5.40. The summed E-state index contributed by atoms with van der Waals surface area (Å²) in [6.45, 7) is 4.04. The molecule has 6 nitrogen and oxygen atoms in total. The Morgan fingerprint density at radius 3 is 2.82 bits per heavy atom. The number of nitrogens with zero attached hydrogens (tertiary/aromatic N) is 4. The van der Waals surface area contributed by atoms with Crippen LogP contribution in [0.4, 0.5) is 0 Å². The summed E-state index contributed by atoms with van der Waals surface area (Å²) in [6.07, 6.45) is 1.87. The molecule has 1 fully saturated rings. The molecule has 1 aliphatic rings. The maximum atomic E-state index is 5.96. The first-order valence-corrected chi connectivity index (χ1v) is 6.54. The summed E-state index contributed by atoms with van der Waals surface area (Å²) in [4.78, 5) is 0.844. The van der Waals surface area contributed by atoms with E-state index in [2.05, 4.69) is 15.3 Å². The third-order valence-corrected chi connectivity index (χ3v) is 4.59. The molecule has 7 heteroatoms. The Hall–Kier alpha value is -1.05. The summed E-state index contributed by atoms with van der Waals surface area (Å²) in [5.41, 5.74) is 5.93. The molecule has 2 aromatic heterocycles. The Morgan fingerprint density at radius 2 is 2.18 bits per heavy atom. The molecular weight excluding hydrogens is 238 g/mol. The highest BCUT2D eigenvalue weighted by molar-refractivity contribution is 7.16. The van der Waals surface area contributed by atoms with Crippen LogP contribution >= 0.6 is 11.3 Å². The van der Waals surface area contributed by atoms with Crippen LogP contribution in [0.2, 0.25) is 0 Å². The van der Waals surface area contributed by atoms with Crippen molar-refractivity contribution in [1.82, 2.24) is 19.8 Å². The number of aromatic nitrogens is 4. The van der Waals surface area contributed by atoms with Gasteiger partial charge in [0, 0.05) is 25.2 Å². The van der Waals surface area contributed by atoms with Gasteiger partial charge in [0.25, 0.3) is 0 Å². The van der Waals surface area contributed by atoms with Crippen molar-refractivity contribution in [3.63, 3.8) is 0 Å². The minimum Gasteiger partial charge on any atom is -0.381 e. The van der Waals surface area contributed by atoms with Gasteiger partial charge in [0.1, 0.15) is 5.01 Å². The van der Waals surface area contributed by atoms with Crippen molar-refractivity contribution in [2.24, 2.45) is 5.73 Å². The van der Waals surface area contributed by atoms with Crippen molar-refractivity contribution in [3.05, 3.63) is 10.8 Å². The summed E-state index contributed by atoms with van der Waals surface area (Å²) in [6, 6.07) is 0. The van der Waals surface area contributed by atoms with Crippen LogP contribution in [-0.2, 0) is 10.2 Å². The molecule has 3 rings (SSSR count). The van der Waals surface area contributed by atoms with Crippen LogP contribution in [0.25, 0.3) is 4.96 Å². The normalized spacial score (nSPS) is 19.9. The number of hydrogen-bond acceptors (Lipinski definition) is 6. The van der Waals surface area contributed by atoms with Gasteiger partial charge in [-0.05, 0) is 19.8 Å². The zero-order valence-corrected chi connectivity index (χ0v) is 10.5. The third-order valence-electron chi connectivity index (χ3n) is 3.44.